The maximum Gasteiger partial charge on any atom is 0.237 e. The van der Waals surface area contributed by atoms with Crippen LogP contribution in [0.25, 0.3) is 0 Å². The molecule has 0 aliphatic heterocycles. The normalized spacial score (nSPS) is 16.0. The number of carbonyl (C=O) groups excluding carboxylic acids is 1. The van der Waals surface area contributed by atoms with Gasteiger partial charge in [-0.15, -0.1) is 0 Å². The van der Waals surface area contributed by atoms with Crippen LogP contribution in [0.15, 0.2) is 12.5 Å². The average molecular weight is 235 g/mol. The van der Waals surface area contributed by atoms with Gasteiger partial charge in [-0.25, -0.2) is 9.97 Å². The summed E-state index contributed by atoms with van der Waals surface area (Å²) < 4.78 is 0. The number of anilines is 2. The van der Waals surface area contributed by atoms with E-state index in [-0.39, 0.29) is 12.5 Å². The first-order chi connectivity index (χ1) is 8.18. The largest absolute Gasteiger partial charge is 0.394 e. The predicted octanol–water partition coefficient (Wildman–Crippen LogP) is 0.293. The number of carbonyl (C=O) groups is 1. The number of hydrogen-bond donors (Lipinski definition) is 2. The maximum atomic E-state index is 11.1. The maximum absolute atomic E-state index is 11.1. The van der Waals surface area contributed by atoms with Gasteiger partial charge in [-0.3, -0.25) is 4.79 Å². The zero-order valence-electron chi connectivity index (χ0n) is 9.67. The number of rotatable bonds is 4. The van der Waals surface area contributed by atoms with Crippen molar-refractivity contribution >= 4 is 17.4 Å². The number of nitrogens with two attached hydrogens (primary N) is 2. The Bertz CT molecular complexity index is 403. The molecule has 0 aromatic carbocycles. The minimum absolute atomic E-state index is 0.159. The van der Waals surface area contributed by atoms with Crippen molar-refractivity contribution in [1.82, 2.24) is 9.97 Å². The van der Waals surface area contributed by atoms with Crippen LogP contribution < -0.4 is 16.4 Å². The highest BCUT2D eigenvalue weighted by molar-refractivity contribution is 5.80. The third-order valence-electron chi connectivity index (χ3n) is 3.08. The molecule has 1 saturated carbocycles. The Hall–Kier alpha value is -1.85. The van der Waals surface area contributed by atoms with Crippen molar-refractivity contribution in [3.63, 3.8) is 0 Å². The molecule has 2 rings (SSSR count). The Morgan fingerprint density at radius 3 is 2.76 bits per heavy atom. The highest BCUT2D eigenvalue weighted by Crippen LogP contribution is 2.29. The van der Waals surface area contributed by atoms with E-state index in [9.17, 15) is 4.79 Å². The van der Waals surface area contributed by atoms with Gasteiger partial charge in [0.1, 0.15) is 6.33 Å². The number of amides is 1. The fourth-order valence-electron chi connectivity index (χ4n) is 2.33. The lowest BCUT2D eigenvalue weighted by atomic mass is 10.2. The van der Waals surface area contributed by atoms with E-state index in [0.29, 0.717) is 17.5 Å². The third-order valence-corrected chi connectivity index (χ3v) is 3.08. The van der Waals surface area contributed by atoms with Crippen LogP contribution in [-0.4, -0.2) is 28.5 Å². The summed E-state index contributed by atoms with van der Waals surface area (Å²) in [5, 5.41) is 0. The standard InChI is InChI=1S/C11H17N5O/c12-9-5-14-7-15-11(9)16(6-10(13)17)8-3-1-2-4-8/h5,7-8H,1-4,6,12H2,(H2,13,17). The van der Waals surface area contributed by atoms with Crippen molar-refractivity contribution in [3.05, 3.63) is 12.5 Å². The van der Waals surface area contributed by atoms with Crippen molar-refractivity contribution in [2.75, 3.05) is 17.2 Å². The predicted molar refractivity (Wildman–Crippen MR) is 65.2 cm³/mol. The van der Waals surface area contributed by atoms with Crippen molar-refractivity contribution in [2.24, 2.45) is 5.73 Å². The minimum atomic E-state index is -0.366. The van der Waals surface area contributed by atoms with Gasteiger partial charge in [-0.1, -0.05) is 12.8 Å². The van der Waals surface area contributed by atoms with E-state index in [4.69, 9.17) is 11.5 Å². The van der Waals surface area contributed by atoms with Crippen LogP contribution in [0, 0.1) is 0 Å². The molecule has 0 atom stereocenters. The molecule has 1 aliphatic rings. The lowest BCUT2D eigenvalue weighted by molar-refractivity contribution is -0.116. The monoisotopic (exact) mass is 235 g/mol. The van der Waals surface area contributed by atoms with Gasteiger partial charge in [-0.05, 0) is 12.8 Å². The van der Waals surface area contributed by atoms with Gasteiger partial charge in [0.2, 0.25) is 5.91 Å². The van der Waals surface area contributed by atoms with Gasteiger partial charge in [0, 0.05) is 6.04 Å². The lowest BCUT2D eigenvalue weighted by Crippen LogP contribution is -2.41. The Kier molecular flexibility index (Phi) is 3.41. The summed E-state index contributed by atoms with van der Waals surface area (Å²) >= 11 is 0. The second-order valence-electron chi connectivity index (χ2n) is 4.33. The Morgan fingerprint density at radius 1 is 1.47 bits per heavy atom. The molecule has 0 radical (unpaired) electrons. The first-order valence-electron chi connectivity index (χ1n) is 5.79. The molecule has 6 nitrogen and oxygen atoms in total. The quantitative estimate of drug-likeness (QED) is 0.781. The topological polar surface area (TPSA) is 98.1 Å². The molecule has 6 heteroatoms. The average Bonchev–Trinajstić information content (AvgIpc) is 2.80. The summed E-state index contributed by atoms with van der Waals surface area (Å²) in [5.74, 6) is 0.251. The molecule has 1 aromatic rings. The SMILES string of the molecule is NC(=O)CN(c1ncncc1N)C1CCCC1. The smallest absolute Gasteiger partial charge is 0.237 e. The second kappa shape index (κ2) is 4.99. The molecule has 0 saturated heterocycles. The van der Waals surface area contributed by atoms with E-state index >= 15 is 0 Å². The molecule has 4 N–H and O–H groups in total. The third kappa shape index (κ3) is 2.64. The molecule has 1 heterocycles. The minimum Gasteiger partial charge on any atom is -0.394 e. The van der Waals surface area contributed by atoms with E-state index in [1.54, 1.807) is 6.20 Å². The number of aromatic nitrogens is 2. The number of primary amides is 1. The van der Waals surface area contributed by atoms with E-state index in [0.717, 1.165) is 12.8 Å². The molecular weight excluding hydrogens is 218 g/mol. The van der Waals surface area contributed by atoms with Gasteiger partial charge in [0.15, 0.2) is 5.82 Å². The summed E-state index contributed by atoms with van der Waals surface area (Å²) in [4.78, 5) is 21.1. The Labute approximate surface area is 100 Å². The van der Waals surface area contributed by atoms with Gasteiger partial charge >= 0.3 is 0 Å². The fraction of sp³-hybridized carbons (Fsp3) is 0.545. The molecule has 0 unspecified atom stereocenters. The van der Waals surface area contributed by atoms with Crippen LogP contribution in [0.1, 0.15) is 25.7 Å². The van der Waals surface area contributed by atoms with E-state index in [2.05, 4.69) is 9.97 Å². The van der Waals surface area contributed by atoms with Crippen LogP contribution in [-0.2, 0) is 4.79 Å². The van der Waals surface area contributed by atoms with Crippen molar-refractivity contribution in [3.8, 4) is 0 Å². The summed E-state index contributed by atoms with van der Waals surface area (Å²) in [6.07, 6.45) is 7.43. The number of nitrogen functional groups attached to an aromatic ring is 1. The van der Waals surface area contributed by atoms with Gasteiger partial charge < -0.3 is 16.4 Å². The summed E-state index contributed by atoms with van der Waals surface area (Å²) in [6.45, 7) is 0.159. The second-order valence-corrected chi connectivity index (χ2v) is 4.33. The van der Waals surface area contributed by atoms with Crippen LogP contribution in [0.3, 0.4) is 0 Å². The van der Waals surface area contributed by atoms with Crippen molar-refractivity contribution < 1.29 is 4.79 Å². The van der Waals surface area contributed by atoms with Crippen LogP contribution in [0.4, 0.5) is 11.5 Å². The fourth-order valence-corrected chi connectivity index (χ4v) is 2.33. The highest BCUT2D eigenvalue weighted by atomic mass is 16.1. The molecule has 1 aromatic heterocycles. The summed E-state index contributed by atoms with van der Waals surface area (Å²) in [7, 11) is 0. The van der Waals surface area contributed by atoms with Gasteiger partial charge in [-0.2, -0.15) is 0 Å². The van der Waals surface area contributed by atoms with E-state index in [1.165, 1.54) is 19.2 Å². The van der Waals surface area contributed by atoms with Gasteiger partial charge in [0.05, 0.1) is 18.4 Å². The summed E-state index contributed by atoms with van der Waals surface area (Å²) in [5.41, 5.74) is 11.6. The van der Waals surface area contributed by atoms with Crippen LogP contribution in [0.2, 0.25) is 0 Å². The molecule has 1 amide bonds. The lowest BCUT2D eigenvalue weighted by Gasteiger charge is -2.29. The highest BCUT2D eigenvalue weighted by Gasteiger charge is 2.26. The van der Waals surface area contributed by atoms with E-state index in [1.807, 2.05) is 4.90 Å². The van der Waals surface area contributed by atoms with Gasteiger partial charge in [0.25, 0.3) is 0 Å². The molecule has 0 spiro atoms. The van der Waals surface area contributed by atoms with Crippen molar-refractivity contribution in [1.29, 1.82) is 0 Å². The van der Waals surface area contributed by atoms with Crippen LogP contribution >= 0.6 is 0 Å². The first kappa shape index (κ1) is 11.6. The molecule has 17 heavy (non-hydrogen) atoms. The molecule has 1 fully saturated rings. The Balaban J connectivity index is 2.25. The molecule has 0 bridgehead atoms. The summed E-state index contributed by atoms with van der Waals surface area (Å²) in [6, 6.07) is 0.305. The number of nitrogens with zero attached hydrogens (tertiary/aromatic N) is 3. The number of hydrogen-bond acceptors (Lipinski definition) is 5. The molecule has 92 valence electrons. The van der Waals surface area contributed by atoms with Crippen molar-refractivity contribution in [2.45, 2.75) is 31.7 Å². The molecular formula is C11H17N5O. The Morgan fingerprint density at radius 2 is 2.18 bits per heavy atom. The first-order valence-corrected chi connectivity index (χ1v) is 5.79. The zero-order chi connectivity index (χ0) is 12.3. The molecule has 1 aliphatic carbocycles. The zero-order valence-corrected chi connectivity index (χ0v) is 9.67. The van der Waals surface area contributed by atoms with Crippen LogP contribution in [0.5, 0.6) is 0 Å². The van der Waals surface area contributed by atoms with E-state index < -0.39 is 0 Å².